The van der Waals surface area contributed by atoms with Gasteiger partial charge in [0.05, 0.1) is 25.6 Å². The molecule has 2 heterocycles. The van der Waals surface area contributed by atoms with Gasteiger partial charge >= 0.3 is 5.97 Å². The third kappa shape index (κ3) is 3.37. The van der Waals surface area contributed by atoms with Crippen LogP contribution in [0.4, 0.5) is 10.1 Å². The Balaban J connectivity index is 1.61. The van der Waals surface area contributed by atoms with E-state index in [0.29, 0.717) is 23.6 Å². The number of furan rings is 1. The van der Waals surface area contributed by atoms with Crippen LogP contribution in [0.15, 0.2) is 41.0 Å². The van der Waals surface area contributed by atoms with Gasteiger partial charge in [0.15, 0.2) is 0 Å². The van der Waals surface area contributed by atoms with E-state index in [-0.39, 0.29) is 5.82 Å². The molecule has 3 rings (SSSR count). The molecule has 0 aliphatic carbocycles. The number of hydrogen-bond donors (Lipinski definition) is 0. The maximum Gasteiger partial charge on any atom is 0.341 e. The second-order valence-electron chi connectivity index (χ2n) is 5.46. The van der Waals surface area contributed by atoms with Gasteiger partial charge < -0.3 is 14.1 Å². The van der Waals surface area contributed by atoms with Crippen molar-refractivity contribution in [3.63, 3.8) is 0 Å². The lowest BCUT2D eigenvalue weighted by Gasteiger charge is -2.35. The zero-order valence-electron chi connectivity index (χ0n) is 13.0. The fourth-order valence-corrected chi connectivity index (χ4v) is 2.81. The highest BCUT2D eigenvalue weighted by Crippen LogP contribution is 2.21. The molecule has 0 bridgehead atoms. The second-order valence-corrected chi connectivity index (χ2v) is 5.46. The minimum absolute atomic E-state index is 0.194. The summed E-state index contributed by atoms with van der Waals surface area (Å²) in [5, 5.41) is 0. The van der Waals surface area contributed by atoms with Crippen molar-refractivity contribution in [3.05, 3.63) is 53.7 Å². The molecular formula is C17H19FN2O3. The van der Waals surface area contributed by atoms with E-state index in [0.717, 1.165) is 26.2 Å². The van der Waals surface area contributed by atoms with Crippen LogP contribution in [-0.2, 0) is 11.3 Å². The van der Waals surface area contributed by atoms with Gasteiger partial charge in [-0.05, 0) is 18.2 Å². The van der Waals surface area contributed by atoms with Crippen LogP contribution >= 0.6 is 0 Å². The molecule has 1 aliphatic heterocycles. The first-order chi connectivity index (χ1) is 11.2. The standard InChI is InChI=1S/C17H19FN2O3/c1-22-17(21)13-6-11-23-16(13)12-19-7-9-20(10-8-19)15-5-3-2-4-14(15)18/h2-6,11H,7-10,12H2,1H3. The summed E-state index contributed by atoms with van der Waals surface area (Å²) in [7, 11) is 1.35. The highest BCUT2D eigenvalue weighted by Gasteiger charge is 2.22. The van der Waals surface area contributed by atoms with Crippen molar-refractivity contribution in [1.82, 2.24) is 4.90 Å². The normalized spacial score (nSPS) is 15.7. The molecule has 5 nitrogen and oxygen atoms in total. The van der Waals surface area contributed by atoms with E-state index in [9.17, 15) is 9.18 Å². The quantitative estimate of drug-likeness (QED) is 0.811. The van der Waals surface area contributed by atoms with Gasteiger partial charge in [-0.3, -0.25) is 4.90 Å². The van der Waals surface area contributed by atoms with E-state index >= 15 is 0 Å². The average Bonchev–Trinajstić information content (AvgIpc) is 3.03. The van der Waals surface area contributed by atoms with Gasteiger partial charge in [-0.25, -0.2) is 9.18 Å². The van der Waals surface area contributed by atoms with Crippen LogP contribution in [0.1, 0.15) is 16.1 Å². The number of carbonyl (C=O) groups is 1. The molecule has 0 atom stereocenters. The lowest BCUT2D eigenvalue weighted by Crippen LogP contribution is -2.46. The van der Waals surface area contributed by atoms with Crippen LogP contribution in [0.5, 0.6) is 0 Å². The van der Waals surface area contributed by atoms with Crippen LogP contribution in [0, 0.1) is 5.82 Å². The number of para-hydroxylation sites is 1. The molecule has 0 amide bonds. The predicted molar refractivity (Wildman–Crippen MR) is 83.9 cm³/mol. The van der Waals surface area contributed by atoms with E-state index in [4.69, 9.17) is 9.15 Å². The van der Waals surface area contributed by atoms with Crippen LogP contribution in [0.3, 0.4) is 0 Å². The Kier molecular flexibility index (Phi) is 4.62. The zero-order chi connectivity index (χ0) is 16.2. The fraction of sp³-hybridized carbons (Fsp3) is 0.353. The van der Waals surface area contributed by atoms with Crippen LogP contribution in [0.25, 0.3) is 0 Å². The SMILES string of the molecule is COC(=O)c1ccoc1CN1CCN(c2ccccc2F)CC1. The molecule has 0 spiro atoms. The molecule has 1 aliphatic rings. The second kappa shape index (κ2) is 6.83. The van der Waals surface area contributed by atoms with Gasteiger partial charge in [0.25, 0.3) is 0 Å². The van der Waals surface area contributed by atoms with Gasteiger partial charge in [0, 0.05) is 26.2 Å². The number of nitrogens with zero attached hydrogens (tertiary/aromatic N) is 2. The maximum absolute atomic E-state index is 13.8. The monoisotopic (exact) mass is 318 g/mol. The number of halogens is 1. The lowest BCUT2D eigenvalue weighted by molar-refractivity contribution is 0.0596. The van der Waals surface area contributed by atoms with Gasteiger partial charge in [0.1, 0.15) is 17.1 Å². The summed E-state index contributed by atoms with van der Waals surface area (Å²) >= 11 is 0. The molecule has 1 aromatic heterocycles. The summed E-state index contributed by atoms with van der Waals surface area (Å²) < 4.78 is 24.0. The van der Waals surface area contributed by atoms with Crippen molar-refractivity contribution in [1.29, 1.82) is 0 Å². The number of carbonyl (C=O) groups excluding carboxylic acids is 1. The molecule has 1 saturated heterocycles. The topological polar surface area (TPSA) is 45.9 Å². The number of esters is 1. The van der Waals surface area contributed by atoms with Crippen molar-refractivity contribution in [3.8, 4) is 0 Å². The largest absolute Gasteiger partial charge is 0.467 e. The van der Waals surface area contributed by atoms with E-state index in [2.05, 4.69) is 4.90 Å². The third-order valence-corrected chi connectivity index (χ3v) is 4.08. The Hall–Kier alpha value is -2.34. The maximum atomic E-state index is 13.8. The molecule has 0 saturated carbocycles. The number of benzene rings is 1. The molecular weight excluding hydrogens is 299 g/mol. The number of piperazine rings is 1. The first-order valence-corrected chi connectivity index (χ1v) is 7.55. The van der Waals surface area contributed by atoms with Crippen LogP contribution in [-0.4, -0.2) is 44.2 Å². The van der Waals surface area contributed by atoms with E-state index in [1.165, 1.54) is 19.4 Å². The molecule has 6 heteroatoms. The highest BCUT2D eigenvalue weighted by molar-refractivity contribution is 5.90. The van der Waals surface area contributed by atoms with Gasteiger partial charge in [-0.1, -0.05) is 12.1 Å². The summed E-state index contributed by atoms with van der Waals surface area (Å²) in [6.07, 6.45) is 1.50. The minimum Gasteiger partial charge on any atom is -0.467 e. The summed E-state index contributed by atoms with van der Waals surface area (Å²) in [5.74, 6) is 0.0231. The molecule has 2 aromatic rings. The minimum atomic E-state index is -0.390. The van der Waals surface area contributed by atoms with Crippen LogP contribution in [0.2, 0.25) is 0 Å². The average molecular weight is 318 g/mol. The third-order valence-electron chi connectivity index (χ3n) is 4.08. The summed E-state index contributed by atoms with van der Waals surface area (Å²) in [5.41, 5.74) is 1.10. The van der Waals surface area contributed by atoms with Gasteiger partial charge in [-0.2, -0.15) is 0 Å². The molecule has 122 valence electrons. The Morgan fingerprint density at radius 1 is 1.22 bits per heavy atom. The van der Waals surface area contributed by atoms with E-state index in [1.807, 2.05) is 11.0 Å². The predicted octanol–water partition coefficient (Wildman–Crippen LogP) is 2.53. The first kappa shape index (κ1) is 15.6. The molecule has 0 radical (unpaired) electrons. The molecule has 0 unspecified atom stereocenters. The number of methoxy groups -OCH3 is 1. The Labute approximate surface area is 134 Å². The van der Waals surface area contributed by atoms with Crippen LogP contribution < -0.4 is 4.90 Å². The first-order valence-electron chi connectivity index (χ1n) is 7.55. The van der Waals surface area contributed by atoms with E-state index in [1.54, 1.807) is 18.2 Å². The van der Waals surface area contributed by atoms with Gasteiger partial charge in [-0.15, -0.1) is 0 Å². The Morgan fingerprint density at radius 2 is 1.96 bits per heavy atom. The zero-order valence-corrected chi connectivity index (χ0v) is 13.0. The molecule has 0 N–H and O–H groups in total. The van der Waals surface area contributed by atoms with Crippen molar-refractivity contribution < 1.29 is 18.3 Å². The number of hydrogen-bond acceptors (Lipinski definition) is 5. The fourth-order valence-electron chi connectivity index (χ4n) is 2.81. The van der Waals surface area contributed by atoms with Crippen molar-refractivity contribution in [2.24, 2.45) is 0 Å². The van der Waals surface area contributed by atoms with Crippen molar-refractivity contribution >= 4 is 11.7 Å². The molecule has 23 heavy (non-hydrogen) atoms. The number of ether oxygens (including phenoxy) is 1. The van der Waals surface area contributed by atoms with Crippen molar-refractivity contribution in [2.45, 2.75) is 6.54 Å². The smallest absolute Gasteiger partial charge is 0.341 e. The summed E-state index contributed by atoms with van der Waals surface area (Å²) in [4.78, 5) is 15.9. The number of rotatable bonds is 4. The van der Waals surface area contributed by atoms with E-state index < -0.39 is 5.97 Å². The Bertz CT molecular complexity index is 678. The molecule has 1 aromatic carbocycles. The van der Waals surface area contributed by atoms with Gasteiger partial charge in [0.2, 0.25) is 0 Å². The highest BCUT2D eigenvalue weighted by atomic mass is 19.1. The lowest BCUT2D eigenvalue weighted by atomic mass is 10.2. The number of anilines is 1. The molecule has 1 fully saturated rings. The van der Waals surface area contributed by atoms with Crippen molar-refractivity contribution in [2.75, 3.05) is 38.2 Å². The summed E-state index contributed by atoms with van der Waals surface area (Å²) in [6, 6.07) is 8.44. The summed E-state index contributed by atoms with van der Waals surface area (Å²) in [6.45, 7) is 3.55. The Morgan fingerprint density at radius 3 is 2.65 bits per heavy atom.